The van der Waals surface area contributed by atoms with Crippen molar-refractivity contribution in [1.82, 2.24) is 0 Å². The second kappa shape index (κ2) is 3.79. The SMILES string of the molecule is C[C@H](O)[C@@H](O)[C@H](O)CO. The minimum Gasteiger partial charge on any atom is -0.394 e. The fraction of sp³-hybridized carbons (Fsp3) is 1.00. The van der Waals surface area contributed by atoms with Gasteiger partial charge >= 0.3 is 0 Å². The summed E-state index contributed by atoms with van der Waals surface area (Å²) < 4.78 is 0. The van der Waals surface area contributed by atoms with E-state index in [0.29, 0.717) is 0 Å². The van der Waals surface area contributed by atoms with Crippen molar-refractivity contribution in [2.24, 2.45) is 0 Å². The van der Waals surface area contributed by atoms with Crippen LogP contribution in [0.3, 0.4) is 0 Å². The van der Waals surface area contributed by atoms with Crippen molar-refractivity contribution in [1.29, 1.82) is 0 Å². The van der Waals surface area contributed by atoms with Crippen molar-refractivity contribution >= 4 is 0 Å². The first kappa shape index (κ1) is 8.84. The summed E-state index contributed by atoms with van der Waals surface area (Å²) in [5.74, 6) is 0. The first-order valence-electron chi connectivity index (χ1n) is 2.74. The van der Waals surface area contributed by atoms with Crippen molar-refractivity contribution in [2.45, 2.75) is 25.2 Å². The first-order chi connectivity index (χ1) is 4.09. The van der Waals surface area contributed by atoms with Gasteiger partial charge < -0.3 is 20.4 Å². The summed E-state index contributed by atoms with van der Waals surface area (Å²) in [6.07, 6.45) is -3.51. The Morgan fingerprint density at radius 1 is 1.22 bits per heavy atom. The number of rotatable bonds is 3. The Bertz CT molecular complexity index is 73.4. The molecule has 4 heteroatoms. The van der Waals surface area contributed by atoms with Crippen LogP contribution in [-0.2, 0) is 0 Å². The molecule has 0 fully saturated rings. The molecule has 0 aliphatic carbocycles. The summed E-state index contributed by atoms with van der Waals surface area (Å²) in [7, 11) is 0. The number of aliphatic hydroxyl groups is 4. The highest BCUT2D eigenvalue weighted by molar-refractivity contribution is 4.70. The molecule has 0 heterocycles. The van der Waals surface area contributed by atoms with Gasteiger partial charge in [0.1, 0.15) is 12.2 Å². The zero-order valence-corrected chi connectivity index (χ0v) is 5.23. The number of hydrogen-bond donors (Lipinski definition) is 4. The van der Waals surface area contributed by atoms with Crippen LogP contribution in [0, 0.1) is 0 Å². The van der Waals surface area contributed by atoms with E-state index in [0.717, 1.165) is 0 Å². The third-order valence-corrected chi connectivity index (χ3v) is 1.08. The summed E-state index contributed by atoms with van der Waals surface area (Å²) in [5.41, 5.74) is 0. The maximum Gasteiger partial charge on any atom is 0.108 e. The molecular weight excluding hydrogens is 124 g/mol. The van der Waals surface area contributed by atoms with Crippen LogP contribution in [0.2, 0.25) is 0 Å². The fourth-order valence-electron chi connectivity index (χ4n) is 0.429. The van der Waals surface area contributed by atoms with Crippen molar-refractivity contribution < 1.29 is 20.4 Å². The average molecular weight is 136 g/mol. The van der Waals surface area contributed by atoms with Crippen LogP contribution in [0.1, 0.15) is 6.92 Å². The third-order valence-electron chi connectivity index (χ3n) is 1.08. The molecule has 9 heavy (non-hydrogen) atoms. The topological polar surface area (TPSA) is 80.9 Å². The van der Waals surface area contributed by atoms with Crippen molar-refractivity contribution in [3.8, 4) is 0 Å². The second-order valence-corrected chi connectivity index (χ2v) is 1.98. The zero-order chi connectivity index (χ0) is 7.44. The highest BCUT2D eigenvalue weighted by atomic mass is 16.4. The van der Waals surface area contributed by atoms with Gasteiger partial charge in [-0.3, -0.25) is 0 Å². The van der Waals surface area contributed by atoms with Crippen LogP contribution in [0.4, 0.5) is 0 Å². The Morgan fingerprint density at radius 2 is 1.67 bits per heavy atom. The van der Waals surface area contributed by atoms with E-state index >= 15 is 0 Å². The van der Waals surface area contributed by atoms with E-state index in [1.54, 1.807) is 0 Å². The largest absolute Gasteiger partial charge is 0.394 e. The number of aliphatic hydroxyl groups excluding tert-OH is 4. The molecule has 3 atom stereocenters. The molecule has 0 spiro atoms. The summed E-state index contributed by atoms with van der Waals surface area (Å²) >= 11 is 0. The van der Waals surface area contributed by atoms with Crippen LogP contribution in [0.15, 0.2) is 0 Å². The van der Waals surface area contributed by atoms with Crippen molar-refractivity contribution in [3.63, 3.8) is 0 Å². The predicted molar refractivity (Wildman–Crippen MR) is 30.8 cm³/mol. The molecule has 0 aliphatic heterocycles. The van der Waals surface area contributed by atoms with Crippen molar-refractivity contribution in [3.05, 3.63) is 0 Å². The van der Waals surface area contributed by atoms with E-state index in [4.69, 9.17) is 20.4 Å². The van der Waals surface area contributed by atoms with Gasteiger partial charge in [0.2, 0.25) is 0 Å². The molecule has 0 aromatic rings. The number of hydrogen-bond acceptors (Lipinski definition) is 4. The van der Waals surface area contributed by atoms with Gasteiger partial charge in [-0.05, 0) is 6.92 Å². The maximum atomic E-state index is 8.73. The van der Waals surface area contributed by atoms with Gasteiger partial charge in [-0.15, -0.1) is 0 Å². The summed E-state index contributed by atoms with van der Waals surface area (Å²) in [4.78, 5) is 0. The lowest BCUT2D eigenvalue weighted by Crippen LogP contribution is -2.37. The smallest absolute Gasteiger partial charge is 0.108 e. The molecular formula is C5H12O4. The van der Waals surface area contributed by atoms with E-state index in [1.165, 1.54) is 6.92 Å². The van der Waals surface area contributed by atoms with Gasteiger partial charge in [0.25, 0.3) is 0 Å². The minimum absolute atomic E-state index is 0.536. The molecule has 56 valence electrons. The van der Waals surface area contributed by atoms with Gasteiger partial charge in [-0.2, -0.15) is 0 Å². The highest BCUT2D eigenvalue weighted by Crippen LogP contribution is 1.97. The molecule has 0 unspecified atom stereocenters. The minimum atomic E-state index is -1.25. The molecule has 0 saturated carbocycles. The summed E-state index contributed by atoms with van der Waals surface area (Å²) in [6.45, 7) is 0.801. The molecule has 4 N–H and O–H groups in total. The van der Waals surface area contributed by atoms with E-state index in [1.807, 2.05) is 0 Å². The van der Waals surface area contributed by atoms with Crippen LogP contribution in [0.25, 0.3) is 0 Å². The van der Waals surface area contributed by atoms with Crippen LogP contribution in [0.5, 0.6) is 0 Å². The van der Waals surface area contributed by atoms with E-state index in [-0.39, 0.29) is 0 Å². The lowest BCUT2D eigenvalue weighted by Gasteiger charge is -2.17. The quantitative estimate of drug-likeness (QED) is 0.364. The molecule has 0 aromatic carbocycles. The Labute approximate surface area is 53.4 Å². The molecule has 4 nitrogen and oxygen atoms in total. The zero-order valence-electron chi connectivity index (χ0n) is 5.23. The predicted octanol–water partition coefficient (Wildman–Crippen LogP) is -1.92. The fourth-order valence-corrected chi connectivity index (χ4v) is 0.429. The lowest BCUT2D eigenvalue weighted by atomic mass is 10.1. The maximum absolute atomic E-state index is 8.73. The summed E-state index contributed by atoms with van der Waals surface area (Å²) in [5, 5.41) is 34.2. The summed E-state index contributed by atoms with van der Waals surface area (Å²) in [6, 6.07) is 0. The molecule has 0 rings (SSSR count). The van der Waals surface area contributed by atoms with Gasteiger partial charge in [0.15, 0.2) is 0 Å². The normalized spacial score (nSPS) is 21.0. The van der Waals surface area contributed by atoms with Gasteiger partial charge in [0, 0.05) is 0 Å². The van der Waals surface area contributed by atoms with Gasteiger partial charge in [-0.1, -0.05) is 0 Å². The lowest BCUT2D eigenvalue weighted by molar-refractivity contribution is -0.0698. The third kappa shape index (κ3) is 2.76. The van der Waals surface area contributed by atoms with Crippen molar-refractivity contribution in [2.75, 3.05) is 6.61 Å². The Balaban J connectivity index is 3.58. The van der Waals surface area contributed by atoms with Gasteiger partial charge in [0.05, 0.1) is 12.7 Å². The Kier molecular flexibility index (Phi) is 3.72. The molecule has 0 saturated heterocycles. The molecule has 0 amide bonds. The van der Waals surface area contributed by atoms with E-state index < -0.39 is 24.9 Å². The average Bonchev–Trinajstić information content (AvgIpc) is 1.84. The molecule has 0 aromatic heterocycles. The van der Waals surface area contributed by atoms with Crippen LogP contribution in [-0.4, -0.2) is 45.3 Å². The Morgan fingerprint density at radius 3 is 1.78 bits per heavy atom. The van der Waals surface area contributed by atoms with E-state index in [2.05, 4.69) is 0 Å². The molecule has 0 radical (unpaired) electrons. The highest BCUT2D eigenvalue weighted by Gasteiger charge is 2.19. The van der Waals surface area contributed by atoms with Gasteiger partial charge in [-0.25, -0.2) is 0 Å². The van der Waals surface area contributed by atoms with Crippen LogP contribution >= 0.6 is 0 Å². The second-order valence-electron chi connectivity index (χ2n) is 1.98. The molecule has 0 aliphatic rings. The van der Waals surface area contributed by atoms with E-state index in [9.17, 15) is 0 Å². The first-order valence-corrected chi connectivity index (χ1v) is 2.74. The molecule has 0 bridgehead atoms. The monoisotopic (exact) mass is 136 g/mol. The standard InChI is InChI=1S/C5H12O4/c1-3(7)5(9)4(8)2-6/h3-9H,2H2,1H3/t3-,4+,5+/m0/s1. The van der Waals surface area contributed by atoms with Crippen LogP contribution < -0.4 is 0 Å². The Hall–Kier alpha value is -0.160.